The van der Waals surface area contributed by atoms with Crippen molar-refractivity contribution in [2.75, 3.05) is 12.3 Å². The van der Waals surface area contributed by atoms with Crippen LogP contribution in [-0.4, -0.2) is 11.6 Å². The van der Waals surface area contributed by atoms with Crippen LogP contribution in [0.2, 0.25) is 0 Å². The Morgan fingerprint density at radius 1 is 1.26 bits per heavy atom. The topological polar surface area (TPSA) is 74.2 Å². The molecule has 0 radical (unpaired) electrons. The van der Waals surface area contributed by atoms with E-state index in [0.29, 0.717) is 18.8 Å². The van der Waals surface area contributed by atoms with E-state index >= 15 is 0 Å². The Kier molecular flexibility index (Phi) is 4.36. The molecule has 19 heavy (non-hydrogen) atoms. The van der Waals surface area contributed by atoms with Crippen LogP contribution in [0.3, 0.4) is 0 Å². The molecule has 100 valence electrons. The average Bonchev–Trinajstić information content (AvgIpc) is 2.42. The van der Waals surface area contributed by atoms with Crippen LogP contribution >= 0.6 is 0 Å². The summed E-state index contributed by atoms with van der Waals surface area (Å²) in [6, 6.07) is 11.5. The smallest absolute Gasteiger partial charge is 0.128 e. The van der Waals surface area contributed by atoms with Gasteiger partial charge in [0, 0.05) is 24.2 Å². The van der Waals surface area contributed by atoms with Gasteiger partial charge in [-0.25, -0.2) is 4.98 Å². The minimum atomic E-state index is -0.156. The zero-order valence-electron chi connectivity index (χ0n) is 11.0. The molecule has 0 aliphatic heterocycles. The Labute approximate surface area is 113 Å². The molecule has 2 aromatic rings. The maximum atomic E-state index is 6.13. The number of hydrogen-bond donors (Lipinski definition) is 2. The van der Waals surface area contributed by atoms with Gasteiger partial charge in [0.15, 0.2) is 0 Å². The quantitative estimate of drug-likeness (QED) is 0.862. The van der Waals surface area contributed by atoms with Gasteiger partial charge in [0.05, 0.1) is 6.61 Å². The van der Waals surface area contributed by atoms with Gasteiger partial charge < -0.3 is 16.2 Å². The van der Waals surface area contributed by atoms with Crippen molar-refractivity contribution in [2.24, 2.45) is 5.73 Å². The number of ether oxygens (including phenoxy) is 1. The van der Waals surface area contributed by atoms with Crippen LogP contribution in [0.5, 0.6) is 5.75 Å². The summed E-state index contributed by atoms with van der Waals surface area (Å²) in [5, 5.41) is 0. The number of aryl methyl sites for hydroxylation is 1. The fraction of sp³-hybridized carbons (Fsp3) is 0.267. The lowest BCUT2D eigenvalue weighted by Gasteiger charge is -2.15. The molecule has 2 rings (SSSR count). The zero-order valence-corrected chi connectivity index (χ0v) is 11.0. The molecule has 4 heteroatoms. The molecule has 0 aliphatic rings. The van der Waals surface area contributed by atoms with Crippen LogP contribution < -0.4 is 16.2 Å². The van der Waals surface area contributed by atoms with E-state index < -0.39 is 0 Å². The molecule has 0 spiro atoms. The Balaban J connectivity index is 1.91. The molecule has 0 saturated heterocycles. The molecule has 1 aromatic heterocycles. The van der Waals surface area contributed by atoms with Gasteiger partial charge in [-0.05, 0) is 30.7 Å². The summed E-state index contributed by atoms with van der Waals surface area (Å²) in [4.78, 5) is 4.12. The summed E-state index contributed by atoms with van der Waals surface area (Å²) in [5.41, 5.74) is 13.9. The Morgan fingerprint density at radius 2 is 2.00 bits per heavy atom. The highest BCUT2D eigenvalue weighted by Gasteiger charge is 2.11. The number of pyridine rings is 1. The molecule has 1 heterocycles. The number of benzene rings is 1. The minimum absolute atomic E-state index is 0.156. The Hall–Kier alpha value is -2.07. The van der Waals surface area contributed by atoms with Gasteiger partial charge in [-0.3, -0.25) is 0 Å². The van der Waals surface area contributed by atoms with Crippen molar-refractivity contribution in [1.29, 1.82) is 0 Å². The first-order valence-electron chi connectivity index (χ1n) is 6.32. The van der Waals surface area contributed by atoms with Crippen LogP contribution in [0, 0.1) is 6.92 Å². The van der Waals surface area contributed by atoms with Gasteiger partial charge in [-0.1, -0.05) is 18.2 Å². The number of rotatable bonds is 5. The molecule has 4 N–H and O–H groups in total. The van der Waals surface area contributed by atoms with Crippen molar-refractivity contribution in [3.63, 3.8) is 0 Å². The first-order valence-corrected chi connectivity index (χ1v) is 6.32. The molecular formula is C15H19N3O. The van der Waals surface area contributed by atoms with E-state index in [1.54, 1.807) is 6.20 Å². The van der Waals surface area contributed by atoms with Crippen molar-refractivity contribution < 1.29 is 4.74 Å². The van der Waals surface area contributed by atoms with Crippen LogP contribution in [0.25, 0.3) is 0 Å². The lowest BCUT2D eigenvalue weighted by molar-refractivity contribution is 0.298. The van der Waals surface area contributed by atoms with E-state index in [1.807, 2.05) is 43.3 Å². The van der Waals surface area contributed by atoms with Gasteiger partial charge in [0.2, 0.25) is 0 Å². The Morgan fingerprint density at radius 3 is 2.74 bits per heavy atom. The average molecular weight is 257 g/mol. The summed E-state index contributed by atoms with van der Waals surface area (Å²) in [6.45, 7) is 2.53. The zero-order chi connectivity index (χ0) is 13.7. The molecule has 1 unspecified atom stereocenters. The first kappa shape index (κ1) is 13.4. The van der Waals surface area contributed by atoms with Crippen LogP contribution in [0.1, 0.15) is 23.6 Å². The van der Waals surface area contributed by atoms with E-state index in [2.05, 4.69) is 4.98 Å². The lowest BCUT2D eigenvalue weighted by Crippen LogP contribution is -2.16. The maximum absolute atomic E-state index is 6.13. The molecule has 0 fully saturated rings. The number of para-hydroxylation sites is 1. The molecule has 0 saturated carbocycles. The first-order chi connectivity index (χ1) is 9.16. The summed E-state index contributed by atoms with van der Waals surface area (Å²) in [6.07, 6.45) is 2.44. The number of nitrogens with zero attached hydrogens (tertiary/aromatic N) is 1. The fourth-order valence-corrected chi connectivity index (χ4v) is 1.88. The van der Waals surface area contributed by atoms with E-state index in [-0.39, 0.29) is 6.04 Å². The van der Waals surface area contributed by atoms with Crippen molar-refractivity contribution in [3.8, 4) is 5.75 Å². The second-order valence-electron chi connectivity index (χ2n) is 4.54. The number of hydrogen-bond acceptors (Lipinski definition) is 4. The van der Waals surface area contributed by atoms with Crippen LogP contribution in [-0.2, 0) is 0 Å². The van der Waals surface area contributed by atoms with E-state index in [0.717, 1.165) is 16.9 Å². The fourth-order valence-electron chi connectivity index (χ4n) is 1.88. The summed E-state index contributed by atoms with van der Waals surface area (Å²) in [5.74, 6) is 1.35. The second kappa shape index (κ2) is 6.20. The van der Waals surface area contributed by atoms with E-state index in [9.17, 15) is 0 Å². The molecule has 0 amide bonds. The highest BCUT2D eigenvalue weighted by atomic mass is 16.5. The molecule has 4 nitrogen and oxygen atoms in total. The highest BCUT2D eigenvalue weighted by molar-refractivity contribution is 5.42. The van der Waals surface area contributed by atoms with Crippen molar-refractivity contribution >= 4 is 5.82 Å². The van der Waals surface area contributed by atoms with Crippen molar-refractivity contribution in [2.45, 2.75) is 19.4 Å². The van der Waals surface area contributed by atoms with Gasteiger partial charge in [0.25, 0.3) is 0 Å². The molecule has 0 bridgehead atoms. The third-order valence-corrected chi connectivity index (χ3v) is 2.93. The second-order valence-corrected chi connectivity index (χ2v) is 4.54. The van der Waals surface area contributed by atoms with E-state index in [1.165, 1.54) is 0 Å². The van der Waals surface area contributed by atoms with Gasteiger partial charge >= 0.3 is 0 Å². The largest absolute Gasteiger partial charge is 0.494 e. The normalized spacial score (nSPS) is 12.1. The number of anilines is 1. The monoisotopic (exact) mass is 257 g/mol. The van der Waals surface area contributed by atoms with Gasteiger partial charge in [-0.15, -0.1) is 0 Å². The van der Waals surface area contributed by atoms with E-state index in [4.69, 9.17) is 16.2 Å². The predicted molar refractivity (Wildman–Crippen MR) is 76.9 cm³/mol. The number of aromatic nitrogens is 1. The third kappa shape index (κ3) is 3.69. The predicted octanol–water partition coefficient (Wildman–Crippen LogP) is 2.44. The standard InChI is InChI=1S/C15H19N3O/c1-11-9-13(15(17)18-10-11)14(16)7-8-19-12-5-3-2-4-6-12/h2-6,9-10,14H,7-8,16H2,1H3,(H2,17,18). The van der Waals surface area contributed by atoms with Crippen molar-refractivity contribution in [1.82, 2.24) is 4.98 Å². The molecule has 1 atom stereocenters. The maximum Gasteiger partial charge on any atom is 0.128 e. The minimum Gasteiger partial charge on any atom is -0.494 e. The SMILES string of the molecule is Cc1cnc(N)c(C(N)CCOc2ccccc2)c1. The number of nitrogens with two attached hydrogens (primary N) is 2. The van der Waals surface area contributed by atoms with Gasteiger partial charge in [-0.2, -0.15) is 0 Å². The molecule has 0 aliphatic carbocycles. The third-order valence-electron chi connectivity index (χ3n) is 2.93. The molecule has 1 aromatic carbocycles. The Bertz CT molecular complexity index is 528. The summed E-state index contributed by atoms with van der Waals surface area (Å²) >= 11 is 0. The highest BCUT2D eigenvalue weighted by Crippen LogP contribution is 2.20. The van der Waals surface area contributed by atoms with Crippen molar-refractivity contribution in [3.05, 3.63) is 53.7 Å². The summed E-state index contributed by atoms with van der Waals surface area (Å²) < 4.78 is 5.63. The van der Waals surface area contributed by atoms with Crippen LogP contribution in [0.4, 0.5) is 5.82 Å². The van der Waals surface area contributed by atoms with Crippen LogP contribution in [0.15, 0.2) is 42.6 Å². The lowest BCUT2D eigenvalue weighted by atomic mass is 10.0. The molecular weight excluding hydrogens is 238 g/mol. The number of nitrogen functional groups attached to an aromatic ring is 1. The van der Waals surface area contributed by atoms with Gasteiger partial charge in [0.1, 0.15) is 11.6 Å². The summed E-state index contributed by atoms with van der Waals surface area (Å²) in [7, 11) is 0.